The van der Waals surface area contributed by atoms with Crippen LogP contribution in [0.1, 0.15) is 10.9 Å². The van der Waals surface area contributed by atoms with Crippen molar-refractivity contribution in [2.75, 3.05) is 17.8 Å². The van der Waals surface area contributed by atoms with Crippen molar-refractivity contribution in [1.82, 2.24) is 0 Å². The maximum Gasteiger partial charge on any atom is 0.238 e. The van der Waals surface area contributed by atoms with E-state index in [-0.39, 0.29) is 17.1 Å². The quantitative estimate of drug-likeness (QED) is 0.867. The van der Waals surface area contributed by atoms with Crippen LogP contribution < -0.4 is 9.64 Å². The molecule has 5 heteroatoms. The Labute approximate surface area is 126 Å². The lowest BCUT2D eigenvalue weighted by Crippen LogP contribution is -2.27. The molecule has 0 N–H and O–H groups in total. The van der Waals surface area contributed by atoms with Crippen LogP contribution in [0.5, 0.6) is 5.75 Å². The second-order valence-electron chi connectivity index (χ2n) is 4.68. The van der Waals surface area contributed by atoms with Gasteiger partial charge in [0.1, 0.15) is 16.9 Å². The fourth-order valence-electron chi connectivity index (χ4n) is 2.34. The summed E-state index contributed by atoms with van der Waals surface area (Å²) < 4.78 is 18.3. The summed E-state index contributed by atoms with van der Waals surface area (Å²) in [7, 11) is 1.59. The topological polar surface area (TPSA) is 29.5 Å². The van der Waals surface area contributed by atoms with Crippen molar-refractivity contribution in [3.8, 4) is 5.75 Å². The van der Waals surface area contributed by atoms with Crippen molar-refractivity contribution in [2.24, 2.45) is 0 Å². The molecule has 1 aliphatic rings. The molecule has 0 spiro atoms. The van der Waals surface area contributed by atoms with Gasteiger partial charge in [-0.15, -0.1) is 11.8 Å². The van der Waals surface area contributed by atoms with Gasteiger partial charge in [0.15, 0.2) is 0 Å². The molecular formula is C16H14FNO2S. The highest BCUT2D eigenvalue weighted by Crippen LogP contribution is 2.42. The van der Waals surface area contributed by atoms with E-state index in [1.54, 1.807) is 24.1 Å². The molecule has 1 unspecified atom stereocenters. The predicted molar refractivity (Wildman–Crippen MR) is 82.1 cm³/mol. The smallest absolute Gasteiger partial charge is 0.238 e. The zero-order valence-electron chi connectivity index (χ0n) is 11.5. The lowest BCUT2D eigenvalue weighted by molar-refractivity contribution is -0.115. The van der Waals surface area contributed by atoms with Gasteiger partial charge in [-0.1, -0.05) is 18.2 Å². The maximum absolute atomic E-state index is 13.1. The number of rotatable bonds is 3. The number of halogens is 1. The minimum absolute atomic E-state index is 0.0441. The van der Waals surface area contributed by atoms with Crippen LogP contribution in [0, 0.1) is 5.82 Å². The first-order valence-electron chi connectivity index (χ1n) is 6.52. The van der Waals surface area contributed by atoms with Gasteiger partial charge in [0.25, 0.3) is 0 Å². The number of benzene rings is 2. The number of hydrogen-bond acceptors (Lipinski definition) is 3. The summed E-state index contributed by atoms with van der Waals surface area (Å²) in [6.45, 7) is 0. The average molecular weight is 303 g/mol. The van der Waals surface area contributed by atoms with Crippen molar-refractivity contribution in [3.63, 3.8) is 0 Å². The van der Waals surface area contributed by atoms with Crippen LogP contribution in [0.4, 0.5) is 10.1 Å². The zero-order chi connectivity index (χ0) is 14.8. The van der Waals surface area contributed by atoms with Gasteiger partial charge < -0.3 is 4.74 Å². The van der Waals surface area contributed by atoms with Crippen LogP contribution in [-0.2, 0) is 4.79 Å². The highest BCUT2D eigenvalue weighted by Gasteiger charge is 2.34. The SMILES string of the molecule is COc1cccc(N2C(=O)CSC2c2ccc(F)cc2)c1. The Bertz CT molecular complexity index is 660. The summed E-state index contributed by atoms with van der Waals surface area (Å²) in [5.74, 6) is 0.887. The number of nitrogens with zero attached hydrogens (tertiary/aromatic N) is 1. The third-order valence-corrected chi connectivity index (χ3v) is 4.57. The summed E-state index contributed by atoms with van der Waals surface area (Å²) in [6, 6.07) is 13.7. The fraction of sp³-hybridized carbons (Fsp3) is 0.188. The van der Waals surface area contributed by atoms with Crippen molar-refractivity contribution in [1.29, 1.82) is 0 Å². The van der Waals surface area contributed by atoms with Gasteiger partial charge in [-0.05, 0) is 29.8 Å². The van der Waals surface area contributed by atoms with Crippen molar-refractivity contribution < 1.29 is 13.9 Å². The minimum atomic E-state index is -0.277. The fourth-order valence-corrected chi connectivity index (χ4v) is 3.51. The molecule has 0 radical (unpaired) electrons. The Morgan fingerprint density at radius 3 is 2.71 bits per heavy atom. The van der Waals surface area contributed by atoms with Crippen LogP contribution in [0.25, 0.3) is 0 Å². The first-order chi connectivity index (χ1) is 10.2. The molecule has 21 heavy (non-hydrogen) atoms. The molecule has 0 saturated carbocycles. The van der Waals surface area contributed by atoms with E-state index in [1.807, 2.05) is 24.3 Å². The van der Waals surface area contributed by atoms with E-state index in [9.17, 15) is 9.18 Å². The summed E-state index contributed by atoms with van der Waals surface area (Å²) in [5, 5.41) is -0.134. The number of carbonyl (C=O) groups excluding carboxylic acids is 1. The molecule has 3 nitrogen and oxygen atoms in total. The van der Waals surface area contributed by atoms with Gasteiger partial charge in [0.2, 0.25) is 5.91 Å². The summed E-state index contributed by atoms with van der Waals surface area (Å²) in [5.41, 5.74) is 1.70. The van der Waals surface area contributed by atoms with Gasteiger partial charge in [-0.25, -0.2) is 4.39 Å². The molecule has 2 aromatic carbocycles. The third-order valence-electron chi connectivity index (χ3n) is 3.35. The van der Waals surface area contributed by atoms with Crippen LogP contribution in [0.2, 0.25) is 0 Å². The van der Waals surface area contributed by atoms with E-state index >= 15 is 0 Å². The molecule has 2 aromatic rings. The monoisotopic (exact) mass is 303 g/mol. The molecule has 0 aromatic heterocycles. The first kappa shape index (κ1) is 13.9. The summed E-state index contributed by atoms with van der Waals surface area (Å²) in [4.78, 5) is 14.0. The van der Waals surface area contributed by atoms with Crippen LogP contribution in [0.15, 0.2) is 48.5 Å². The first-order valence-corrected chi connectivity index (χ1v) is 7.57. The standard InChI is InChI=1S/C16H14FNO2S/c1-20-14-4-2-3-13(9-14)18-15(19)10-21-16(18)11-5-7-12(17)8-6-11/h2-9,16H,10H2,1H3. The van der Waals surface area contributed by atoms with E-state index in [1.165, 1.54) is 23.9 Å². The largest absolute Gasteiger partial charge is 0.497 e. The van der Waals surface area contributed by atoms with Gasteiger partial charge in [-0.2, -0.15) is 0 Å². The zero-order valence-corrected chi connectivity index (χ0v) is 12.3. The predicted octanol–water partition coefficient (Wildman–Crippen LogP) is 3.61. The Balaban J connectivity index is 1.97. The Hall–Kier alpha value is -2.01. The van der Waals surface area contributed by atoms with Gasteiger partial charge in [0, 0.05) is 11.8 Å². The van der Waals surface area contributed by atoms with E-state index in [2.05, 4.69) is 0 Å². The van der Waals surface area contributed by atoms with Crippen molar-refractivity contribution in [3.05, 3.63) is 59.9 Å². The van der Waals surface area contributed by atoms with E-state index in [0.29, 0.717) is 11.5 Å². The Morgan fingerprint density at radius 1 is 1.24 bits per heavy atom. The molecule has 1 saturated heterocycles. The number of carbonyl (C=O) groups is 1. The second-order valence-corrected chi connectivity index (χ2v) is 5.75. The van der Waals surface area contributed by atoms with E-state index in [0.717, 1.165) is 11.3 Å². The number of ether oxygens (including phenoxy) is 1. The molecule has 1 aliphatic heterocycles. The molecule has 1 amide bonds. The van der Waals surface area contributed by atoms with Gasteiger partial charge in [0.05, 0.1) is 12.9 Å². The minimum Gasteiger partial charge on any atom is -0.497 e. The summed E-state index contributed by atoms with van der Waals surface area (Å²) in [6.07, 6.45) is 0. The lowest BCUT2D eigenvalue weighted by Gasteiger charge is -2.24. The van der Waals surface area contributed by atoms with Crippen molar-refractivity contribution >= 4 is 23.4 Å². The Kier molecular flexibility index (Phi) is 3.84. The number of thioether (sulfide) groups is 1. The van der Waals surface area contributed by atoms with Crippen LogP contribution in [0.3, 0.4) is 0 Å². The van der Waals surface area contributed by atoms with E-state index in [4.69, 9.17) is 4.74 Å². The maximum atomic E-state index is 13.1. The van der Waals surface area contributed by atoms with Crippen molar-refractivity contribution in [2.45, 2.75) is 5.37 Å². The van der Waals surface area contributed by atoms with E-state index < -0.39 is 0 Å². The van der Waals surface area contributed by atoms with Gasteiger partial charge in [-0.3, -0.25) is 9.69 Å². The molecule has 0 bridgehead atoms. The van der Waals surface area contributed by atoms with Gasteiger partial charge >= 0.3 is 0 Å². The molecule has 3 rings (SSSR count). The number of anilines is 1. The average Bonchev–Trinajstić information content (AvgIpc) is 2.90. The highest BCUT2D eigenvalue weighted by molar-refractivity contribution is 8.00. The molecule has 1 fully saturated rings. The third kappa shape index (κ3) is 2.74. The number of hydrogen-bond donors (Lipinski definition) is 0. The molecule has 1 atom stereocenters. The lowest BCUT2D eigenvalue weighted by atomic mass is 10.2. The number of methoxy groups -OCH3 is 1. The molecule has 0 aliphatic carbocycles. The highest BCUT2D eigenvalue weighted by atomic mass is 32.2. The van der Waals surface area contributed by atoms with Crippen LogP contribution >= 0.6 is 11.8 Å². The normalized spacial score (nSPS) is 18.1. The summed E-state index contributed by atoms with van der Waals surface area (Å²) >= 11 is 1.54. The van der Waals surface area contributed by atoms with Crippen LogP contribution in [-0.4, -0.2) is 18.8 Å². The number of amides is 1. The Morgan fingerprint density at radius 2 is 2.00 bits per heavy atom. The second kappa shape index (κ2) is 5.77. The molecular weight excluding hydrogens is 289 g/mol. The molecule has 108 valence electrons. The molecule has 1 heterocycles.